The van der Waals surface area contributed by atoms with Gasteiger partial charge in [-0.15, -0.1) is 0 Å². The summed E-state index contributed by atoms with van der Waals surface area (Å²) in [6.45, 7) is 3.33. The number of amides is 1. The van der Waals surface area contributed by atoms with E-state index in [0.717, 1.165) is 5.56 Å². The summed E-state index contributed by atoms with van der Waals surface area (Å²) in [4.78, 5) is 12.1. The Morgan fingerprint density at radius 1 is 1.41 bits per heavy atom. The molecular weight excluding hydrogens is 236 g/mol. The number of nitrogens with one attached hydrogen (secondary N) is 1. The molecule has 0 aliphatic rings. The number of benzene rings is 1. The molecule has 0 saturated heterocycles. The van der Waals surface area contributed by atoms with Crippen molar-refractivity contribution in [3.63, 3.8) is 0 Å². The molecular formula is C12H16N2O2S. The molecule has 0 aliphatic heterocycles. The highest BCUT2D eigenvalue weighted by Gasteiger charge is 2.30. The van der Waals surface area contributed by atoms with Crippen LogP contribution in [0.15, 0.2) is 24.3 Å². The van der Waals surface area contributed by atoms with Gasteiger partial charge in [-0.1, -0.05) is 24.4 Å². The van der Waals surface area contributed by atoms with Crippen LogP contribution in [0.4, 0.5) is 5.69 Å². The minimum absolute atomic E-state index is 0.0212. The number of anilines is 1. The lowest BCUT2D eigenvalue weighted by Gasteiger charge is -2.21. The summed E-state index contributed by atoms with van der Waals surface area (Å²) in [5.74, 6) is -0.248. The van der Waals surface area contributed by atoms with Gasteiger partial charge in [-0.05, 0) is 31.5 Å². The quantitative estimate of drug-likeness (QED) is 0.709. The molecule has 0 fully saturated rings. The van der Waals surface area contributed by atoms with Gasteiger partial charge in [-0.25, -0.2) is 0 Å². The second-order valence-corrected chi connectivity index (χ2v) is 4.74. The lowest BCUT2D eigenvalue weighted by atomic mass is 9.92. The van der Waals surface area contributed by atoms with Crippen molar-refractivity contribution in [1.82, 2.24) is 0 Å². The molecule has 0 aromatic heterocycles. The van der Waals surface area contributed by atoms with Crippen molar-refractivity contribution < 1.29 is 9.90 Å². The van der Waals surface area contributed by atoms with E-state index in [1.165, 1.54) is 0 Å². The maximum atomic E-state index is 11.9. The van der Waals surface area contributed by atoms with E-state index in [4.69, 9.17) is 23.1 Å². The largest absolute Gasteiger partial charge is 0.392 e. The molecule has 4 nitrogen and oxygen atoms in total. The van der Waals surface area contributed by atoms with Gasteiger partial charge in [0.1, 0.15) is 0 Å². The molecule has 92 valence electrons. The monoisotopic (exact) mass is 252 g/mol. The highest BCUT2D eigenvalue weighted by molar-refractivity contribution is 7.80. The Morgan fingerprint density at radius 3 is 2.35 bits per heavy atom. The normalized spacial score (nSPS) is 11.0. The first-order chi connectivity index (χ1) is 7.87. The third kappa shape index (κ3) is 3.25. The Morgan fingerprint density at radius 2 is 1.94 bits per heavy atom. The number of hydrogen-bond acceptors (Lipinski definition) is 3. The van der Waals surface area contributed by atoms with E-state index in [-0.39, 0.29) is 17.5 Å². The smallest absolute Gasteiger partial charge is 0.236 e. The first kappa shape index (κ1) is 13.6. The topological polar surface area (TPSA) is 75.3 Å². The van der Waals surface area contributed by atoms with Gasteiger partial charge >= 0.3 is 0 Å². The highest BCUT2D eigenvalue weighted by atomic mass is 32.1. The zero-order valence-corrected chi connectivity index (χ0v) is 10.7. The minimum Gasteiger partial charge on any atom is -0.392 e. The van der Waals surface area contributed by atoms with Crippen LogP contribution in [0.5, 0.6) is 0 Å². The number of thiocarbonyl (C=S) groups is 1. The molecule has 1 aromatic rings. The van der Waals surface area contributed by atoms with Crippen molar-refractivity contribution in [2.24, 2.45) is 11.1 Å². The van der Waals surface area contributed by atoms with Crippen LogP contribution in [0.3, 0.4) is 0 Å². The molecule has 0 aliphatic carbocycles. The molecule has 1 rings (SSSR count). The number of carbonyl (C=O) groups excluding carboxylic acids is 1. The Kier molecular flexibility index (Phi) is 4.20. The number of carbonyl (C=O) groups is 1. The van der Waals surface area contributed by atoms with Crippen molar-refractivity contribution in [1.29, 1.82) is 0 Å². The van der Waals surface area contributed by atoms with Gasteiger partial charge in [0.2, 0.25) is 5.91 Å². The van der Waals surface area contributed by atoms with Crippen molar-refractivity contribution >= 4 is 28.8 Å². The summed E-state index contributed by atoms with van der Waals surface area (Å²) >= 11 is 4.85. The molecule has 0 saturated carbocycles. The van der Waals surface area contributed by atoms with Gasteiger partial charge in [0.15, 0.2) is 0 Å². The summed E-state index contributed by atoms with van der Waals surface area (Å²) in [7, 11) is 0. The van der Waals surface area contributed by atoms with Crippen LogP contribution in [-0.4, -0.2) is 16.0 Å². The standard InChI is InChI=1S/C12H16N2O2S/c1-12(2,10(13)17)11(16)14-9-5-3-8(7-15)4-6-9/h3-6,15H,7H2,1-2H3,(H2,13,17)(H,14,16). The lowest BCUT2D eigenvalue weighted by molar-refractivity contribution is -0.121. The Hall–Kier alpha value is -1.46. The molecule has 1 aromatic carbocycles. The third-order valence-electron chi connectivity index (χ3n) is 2.58. The number of nitrogens with two attached hydrogens (primary N) is 1. The summed E-state index contributed by atoms with van der Waals surface area (Å²) in [5.41, 5.74) is 6.06. The van der Waals surface area contributed by atoms with E-state index in [0.29, 0.717) is 5.69 Å². The van der Waals surface area contributed by atoms with Crippen molar-refractivity contribution in [3.05, 3.63) is 29.8 Å². The van der Waals surface area contributed by atoms with Crippen LogP contribution in [0.25, 0.3) is 0 Å². The molecule has 0 spiro atoms. The predicted octanol–water partition coefficient (Wildman–Crippen LogP) is 1.43. The number of aliphatic hydroxyl groups is 1. The molecule has 1 amide bonds. The van der Waals surface area contributed by atoms with Gasteiger partial charge in [0, 0.05) is 5.69 Å². The molecule has 0 atom stereocenters. The van der Waals surface area contributed by atoms with Crippen molar-refractivity contribution in [2.75, 3.05) is 5.32 Å². The molecule has 0 unspecified atom stereocenters. The van der Waals surface area contributed by atoms with E-state index in [9.17, 15) is 4.79 Å². The van der Waals surface area contributed by atoms with Crippen LogP contribution in [-0.2, 0) is 11.4 Å². The van der Waals surface area contributed by atoms with Crippen molar-refractivity contribution in [3.8, 4) is 0 Å². The summed E-state index contributed by atoms with van der Waals surface area (Å²) in [6, 6.07) is 6.92. The van der Waals surface area contributed by atoms with Crippen LogP contribution in [0.1, 0.15) is 19.4 Å². The Labute approximate surface area is 106 Å². The summed E-state index contributed by atoms with van der Waals surface area (Å²) < 4.78 is 0. The molecule has 17 heavy (non-hydrogen) atoms. The second-order valence-electron chi connectivity index (χ2n) is 4.30. The van der Waals surface area contributed by atoms with Gasteiger partial charge in [0.25, 0.3) is 0 Å². The fourth-order valence-electron chi connectivity index (χ4n) is 1.09. The summed E-state index contributed by atoms with van der Waals surface area (Å²) in [5, 5.41) is 11.6. The van der Waals surface area contributed by atoms with Crippen LogP contribution < -0.4 is 11.1 Å². The zero-order chi connectivity index (χ0) is 13.1. The predicted molar refractivity (Wildman–Crippen MR) is 71.6 cm³/mol. The van der Waals surface area contributed by atoms with E-state index in [1.807, 2.05) is 0 Å². The fraction of sp³-hybridized carbons (Fsp3) is 0.333. The average molecular weight is 252 g/mol. The molecule has 0 radical (unpaired) electrons. The molecule has 0 bridgehead atoms. The third-order valence-corrected chi connectivity index (χ3v) is 3.09. The fourth-order valence-corrected chi connectivity index (χ4v) is 1.19. The maximum Gasteiger partial charge on any atom is 0.236 e. The van der Waals surface area contributed by atoms with Gasteiger partial charge in [-0.3, -0.25) is 4.79 Å². The molecule has 0 heterocycles. The van der Waals surface area contributed by atoms with E-state index >= 15 is 0 Å². The minimum atomic E-state index is -0.884. The van der Waals surface area contributed by atoms with Crippen molar-refractivity contribution in [2.45, 2.75) is 20.5 Å². The lowest BCUT2D eigenvalue weighted by Crippen LogP contribution is -2.41. The maximum absolute atomic E-state index is 11.9. The van der Waals surface area contributed by atoms with Gasteiger partial charge in [-0.2, -0.15) is 0 Å². The van der Waals surface area contributed by atoms with Gasteiger partial charge in [0.05, 0.1) is 17.0 Å². The van der Waals surface area contributed by atoms with Gasteiger partial charge < -0.3 is 16.2 Å². The van der Waals surface area contributed by atoms with Crippen LogP contribution >= 0.6 is 12.2 Å². The Balaban J connectivity index is 2.77. The SMILES string of the molecule is CC(C)(C(=O)Nc1ccc(CO)cc1)C(N)=S. The van der Waals surface area contributed by atoms with Crippen LogP contribution in [0.2, 0.25) is 0 Å². The van der Waals surface area contributed by atoms with E-state index in [2.05, 4.69) is 5.32 Å². The first-order valence-electron chi connectivity index (χ1n) is 5.19. The summed E-state index contributed by atoms with van der Waals surface area (Å²) in [6.07, 6.45) is 0. The van der Waals surface area contributed by atoms with E-state index < -0.39 is 5.41 Å². The second kappa shape index (κ2) is 5.25. The number of aliphatic hydroxyl groups excluding tert-OH is 1. The Bertz CT molecular complexity index is 427. The number of hydrogen-bond donors (Lipinski definition) is 3. The first-order valence-corrected chi connectivity index (χ1v) is 5.60. The highest BCUT2D eigenvalue weighted by Crippen LogP contribution is 2.19. The number of rotatable bonds is 4. The average Bonchev–Trinajstić information content (AvgIpc) is 2.29. The van der Waals surface area contributed by atoms with E-state index in [1.54, 1.807) is 38.1 Å². The molecule has 5 heteroatoms. The zero-order valence-electron chi connectivity index (χ0n) is 9.86. The van der Waals surface area contributed by atoms with Crippen LogP contribution in [0, 0.1) is 5.41 Å². The molecule has 4 N–H and O–H groups in total.